The summed E-state index contributed by atoms with van der Waals surface area (Å²) < 4.78 is 2.22. The fraction of sp³-hybridized carbons (Fsp3) is 0.176. The van der Waals surface area contributed by atoms with E-state index in [1.54, 1.807) is 6.08 Å². The van der Waals surface area contributed by atoms with Crippen molar-refractivity contribution < 1.29 is 14.7 Å². The molecule has 1 amide bonds. The standard InChI is InChI=1S/C17H13N3O3S2/c18-6-3-7-19-9-11(12-4-1-2-5-13(12)19)8-14-16(23)20(10-15(21)22)17(24)25-14/h1-2,4-5,8-9H,3,7,10H2,(H,21,22). The number of nitriles is 1. The first-order valence-electron chi connectivity index (χ1n) is 7.43. The lowest BCUT2D eigenvalue weighted by Gasteiger charge is -2.10. The molecule has 126 valence electrons. The summed E-state index contributed by atoms with van der Waals surface area (Å²) >= 11 is 6.21. The molecule has 0 spiro atoms. The van der Waals surface area contributed by atoms with E-state index in [1.807, 2.05) is 35.0 Å². The van der Waals surface area contributed by atoms with Crippen molar-refractivity contribution in [1.29, 1.82) is 5.26 Å². The topological polar surface area (TPSA) is 86.3 Å². The lowest BCUT2D eigenvalue weighted by Crippen LogP contribution is -2.33. The third-order valence-corrected chi connectivity index (χ3v) is 5.12. The summed E-state index contributed by atoms with van der Waals surface area (Å²) in [6.07, 6.45) is 4.01. The minimum absolute atomic E-state index is 0.242. The molecule has 0 aliphatic carbocycles. The predicted octanol–water partition coefficient (Wildman–Crippen LogP) is 2.84. The number of amides is 1. The number of para-hydroxylation sites is 1. The van der Waals surface area contributed by atoms with Crippen molar-refractivity contribution in [2.45, 2.75) is 13.0 Å². The van der Waals surface area contributed by atoms with Crippen molar-refractivity contribution in [2.24, 2.45) is 0 Å². The van der Waals surface area contributed by atoms with Gasteiger partial charge in [-0.2, -0.15) is 5.26 Å². The Labute approximate surface area is 153 Å². The second-order valence-electron chi connectivity index (χ2n) is 5.36. The summed E-state index contributed by atoms with van der Waals surface area (Å²) in [4.78, 5) is 24.8. The van der Waals surface area contributed by atoms with Gasteiger partial charge >= 0.3 is 5.97 Å². The summed E-state index contributed by atoms with van der Waals surface area (Å²) in [6.45, 7) is 0.122. The Morgan fingerprint density at radius 3 is 2.88 bits per heavy atom. The molecule has 2 aromatic rings. The maximum absolute atomic E-state index is 12.4. The third kappa shape index (κ3) is 3.43. The van der Waals surface area contributed by atoms with Gasteiger partial charge in [0, 0.05) is 29.2 Å². The largest absolute Gasteiger partial charge is 0.480 e. The molecule has 1 aromatic carbocycles. The zero-order valence-electron chi connectivity index (χ0n) is 13.0. The van der Waals surface area contributed by atoms with Crippen LogP contribution in [-0.2, 0) is 16.1 Å². The molecule has 3 rings (SSSR count). The van der Waals surface area contributed by atoms with Crippen LogP contribution in [-0.4, -0.2) is 37.3 Å². The molecule has 1 aliphatic heterocycles. The van der Waals surface area contributed by atoms with E-state index in [-0.39, 0.29) is 4.32 Å². The Bertz CT molecular complexity index is 956. The van der Waals surface area contributed by atoms with Crippen LogP contribution in [0.4, 0.5) is 0 Å². The number of thioether (sulfide) groups is 1. The fourth-order valence-corrected chi connectivity index (χ4v) is 3.90. The molecule has 1 aliphatic rings. The van der Waals surface area contributed by atoms with E-state index in [4.69, 9.17) is 22.6 Å². The second kappa shape index (κ2) is 7.09. The first-order valence-corrected chi connectivity index (χ1v) is 8.65. The summed E-state index contributed by atoms with van der Waals surface area (Å²) in [6, 6.07) is 9.86. The molecule has 0 unspecified atom stereocenters. The molecule has 2 heterocycles. The summed E-state index contributed by atoms with van der Waals surface area (Å²) in [5, 5.41) is 18.7. The number of aryl methyl sites for hydroxylation is 1. The average Bonchev–Trinajstić information content (AvgIpc) is 3.06. The number of aliphatic carboxylic acids is 1. The van der Waals surface area contributed by atoms with Crippen LogP contribution in [0, 0.1) is 11.3 Å². The molecular formula is C17H13N3O3S2. The fourth-order valence-electron chi connectivity index (χ4n) is 2.66. The average molecular weight is 371 g/mol. The highest BCUT2D eigenvalue weighted by Crippen LogP contribution is 2.34. The van der Waals surface area contributed by atoms with E-state index in [2.05, 4.69) is 6.07 Å². The highest BCUT2D eigenvalue weighted by molar-refractivity contribution is 8.26. The van der Waals surface area contributed by atoms with Crippen LogP contribution in [0.3, 0.4) is 0 Å². The number of nitrogens with zero attached hydrogens (tertiary/aromatic N) is 3. The molecule has 0 radical (unpaired) electrons. The van der Waals surface area contributed by atoms with Gasteiger partial charge in [0.05, 0.1) is 17.4 Å². The van der Waals surface area contributed by atoms with Crippen molar-refractivity contribution in [3.05, 3.63) is 40.9 Å². The molecule has 1 fully saturated rings. The number of carboxylic acids is 1. The van der Waals surface area contributed by atoms with Gasteiger partial charge in [-0.3, -0.25) is 14.5 Å². The van der Waals surface area contributed by atoms with Crippen molar-refractivity contribution in [1.82, 2.24) is 9.47 Å². The normalized spacial score (nSPS) is 16.0. The van der Waals surface area contributed by atoms with Crippen LogP contribution in [0.25, 0.3) is 17.0 Å². The van der Waals surface area contributed by atoms with Crippen molar-refractivity contribution in [3.63, 3.8) is 0 Å². The molecule has 0 saturated carbocycles. The van der Waals surface area contributed by atoms with Gasteiger partial charge in [-0.15, -0.1) is 0 Å². The number of benzene rings is 1. The smallest absolute Gasteiger partial charge is 0.323 e. The first kappa shape index (κ1) is 17.2. The van der Waals surface area contributed by atoms with Crippen LogP contribution in [0.1, 0.15) is 12.0 Å². The van der Waals surface area contributed by atoms with E-state index in [0.717, 1.165) is 33.1 Å². The maximum atomic E-state index is 12.4. The van der Waals surface area contributed by atoms with Crippen LogP contribution in [0.2, 0.25) is 0 Å². The summed E-state index contributed by atoms with van der Waals surface area (Å²) in [5.74, 6) is -1.50. The third-order valence-electron chi connectivity index (χ3n) is 3.74. The van der Waals surface area contributed by atoms with Gasteiger partial charge in [-0.25, -0.2) is 0 Å². The number of hydrogen-bond acceptors (Lipinski definition) is 5. The lowest BCUT2D eigenvalue weighted by atomic mass is 10.1. The molecular weight excluding hydrogens is 358 g/mol. The number of rotatable bonds is 5. The Hall–Kier alpha value is -2.63. The molecule has 25 heavy (non-hydrogen) atoms. The van der Waals surface area contributed by atoms with E-state index in [1.165, 1.54) is 0 Å². The number of carbonyl (C=O) groups excluding carboxylic acids is 1. The zero-order valence-corrected chi connectivity index (χ0v) is 14.6. The van der Waals surface area contributed by atoms with E-state index >= 15 is 0 Å². The summed E-state index contributed by atoms with van der Waals surface area (Å²) in [5.41, 5.74) is 1.81. The monoisotopic (exact) mass is 371 g/mol. The quantitative estimate of drug-likeness (QED) is 0.642. The maximum Gasteiger partial charge on any atom is 0.323 e. The minimum Gasteiger partial charge on any atom is -0.480 e. The van der Waals surface area contributed by atoms with Crippen LogP contribution in [0.15, 0.2) is 35.4 Å². The Morgan fingerprint density at radius 1 is 1.40 bits per heavy atom. The highest BCUT2D eigenvalue weighted by Gasteiger charge is 2.33. The van der Waals surface area contributed by atoms with Gasteiger partial charge in [0.25, 0.3) is 5.91 Å². The summed E-state index contributed by atoms with van der Waals surface area (Å²) in [7, 11) is 0. The minimum atomic E-state index is -1.11. The second-order valence-corrected chi connectivity index (χ2v) is 7.04. The van der Waals surface area contributed by atoms with Crippen molar-refractivity contribution in [3.8, 4) is 6.07 Å². The number of hydrogen-bond donors (Lipinski definition) is 1. The molecule has 0 bridgehead atoms. The van der Waals surface area contributed by atoms with E-state index in [0.29, 0.717) is 17.9 Å². The van der Waals surface area contributed by atoms with E-state index < -0.39 is 18.4 Å². The number of aromatic nitrogens is 1. The van der Waals surface area contributed by atoms with Crippen LogP contribution < -0.4 is 0 Å². The zero-order chi connectivity index (χ0) is 18.0. The van der Waals surface area contributed by atoms with Crippen LogP contribution in [0.5, 0.6) is 0 Å². The number of thiocarbonyl (C=S) groups is 1. The first-order chi connectivity index (χ1) is 12.0. The Kier molecular flexibility index (Phi) is 4.88. The molecule has 1 saturated heterocycles. The van der Waals surface area contributed by atoms with Gasteiger partial charge in [0.15, 0.2) is 0 Å². The molecule has 6 nitrogen and oxygen atoms in total. The Morgan fingerprint density at radius 2 is 2.16 bits per heavy atom. The molecule has 1 N–H and O–H groups in total. The van der Waals surface area contributed by atoms with Gasteiger partial charge in [0.2, 0.25) is 0 Å². The highest BCUT2D eigenvalue weighted by atomic mass is 32.2. The van der Waals surface area contributed by atoms with Gasteiger partial charge < -0.3 is 9.67 Å². The van der Waals surface area contributed by atoms with Crippen molar-refractivity contribution in [2.75, 3.05) is 6.54 Å². The molecule has 0 atom stereocenters. The van der Waals surface area contributed by atoms with Gasteiger partial charge in [-0.05, 0) is 12.1 Å². The van der Waals surface area contributed by atoms with Gasteiger partial charge in [0.1, 0.15) is 10.9 Å². The Balaban J connectivity index is 1.99. The van der Waals surface area contributed by atoms with Gasteiger partial charge in [-0.1, -0.05) is 42.2 Å². The van der Waals surface area contributed by atoms with Crippen molar-refractivity contribution >= 4 is 57.2 Å². The lowest BCUT2D eigenvalue weighted by molar-refractivity contribution is -0.140. The number of fused-ring (bicyclic) bond motifs is 1. The molecule has 1 aromatic heterocycles. The van der Waals surface area contributed by atoms with Crippen LogP contribution >= 0.6 is 24.0 Å². The molecule has 8 heteroatoms. The number of carbonyl (C=O) groups is 2. The van der Waals surface area contributed by atoms with E-state index in [9.17, 15) is 9.59 Å². The number of carboxylic acid groups (broad SMARTS) is 1. The SMILES string of the molecule is N#CCCn1cc(C=C2SC(=S)N(CC(=O)O)C2=O)c2ccccc21. The predicted molar refractivity (Wildman–Crippen MR) is 99.7 cm³/mol.